The Morgan fingerprint density at radius 3 is 2.45 bits per heavy atom. The minimum Gasteiger partial charge on any atom is -0.311 e. The van der Waals surface area contributed by atoms with E-state index in [1.807, 2.05) is 20.8 Å². The third-order valence-electron chi connectivity index (χ3n) is 2.28. The van der Waals surface area contributed by atoms with Crippen LogP contribution in [-0.2, 0) is 0 Å². The van der Waals surface area contributed by atoms with Gasteiger partial charge in [-0.15, -0.1) is 0 Å². The van der Waals surface area contributed by atoms with Crippen LogP contribution in [0, 0.1) is 5.41 Å². The van der Waals surface area contributed by atoms with Crippen molar-refractivity contribution in [3.05, 3.63) is 0 Å². The molecule has 0 amide bonds. The summed E-state index contributed by atoms with van der Waals surface area (Å²) in [7, 11) is 0. The summed E-state index contributed by atoms with van der Waals surface area (Å²) < 4.78 is 13.6. The van der Waals surface area contributed by atoms with Crippen molar-refractivity contribution < 1.29 is 4.39 Å². The Kier molecular flexibility index (Phi) is 2.53. The molecule has 2 heteroatoms. The summed E-state index contributed by atoms with van der Waals surface area (Å²) in [6, 6.07) is 0.106. The number of hydrogen-bond donors (Lipinski definition) is 1. The summed E-state index contributed by atoms with van der Waals surface area (Å²) in [4.78, 5) is 0. The standard InChI is InChI=1S/C9H18FN/c1-9(2,3)8(10)7-5-4-6-11-7/h7-8,11H,4-6H2,1-3H3. The fourth-order valence-electron chi connectivity index (χ4n) is 1.56. The van der Waals surface area contributed by atoms with Gasteiger partial charge in [-0.25, -0.2) is 4.39 Å². The summed E-state index contributed by atoms with van der Waals surface area (Å²) in [5.74, 6) is 0. The Morgan fingerprint density at radius 2 is 2.09 bits per heavy atom. The maximum Gasteiger partial charge on any atom is 0.120 e. The third-order valence-corrected chi connectivity index (χ3v) is 2.28. The van der Waals surface area contributed by atoms with Crippen LogP contribution in [0.15, 0.2) is 0 Å². The van der Waals surface area contributed by atoms with E-state index in [4.69, 9.17) is 0 Å². The van der Waals surface area contributed by atoms with Crippen LogP contribution in [0.2, 0.25) is 0 Å². The first-order valence-corrected chi connectivity index (χ1v) is 4.39. The molecule has 66 valence electrons. The second-order valence-corrected chi connectivity index (χ2v) is 4.47. The summed E-state index contributed by atoms with van der Waals surface area (Å²) >= 11 is 0. The molecule has 1 saturated heterocycles. The van der Waals surface area contributed by atoms with Crippen molar-refractivity contribution in [2.24, 2.45) is 5.41 Å². The average Bonchev–Trinajstić information content (AvgIpc) is 2.34. The van der Waals surface area contributed by atoms with Crippen LogP contribution in [0.25, 0.3) is 0 Å². The molecule has 1 N–H and O–H groups in total. The number of nitrogens with one attached hydrogen (secondary N) is 1. The molecule has 1 aliphatic heterocycles. The highest BCUT2D eigenvalue weighted by Crippen LogP contribution is 2.28. The molecule has 0 spiro atoms. The fourth-order valence-corrected chi connectivity index (χ4v) is 1.56. The minimum absolute atomic E-state index is 0.106. The molecule has 1 nitrogen and oxygen atoms in total. The monoisotopic (exact) mass is 159 g/mol. The summed E-state index contributed by atoms with van der Waals surface area (Å²) in [5, 5.41) is 3.19. The highest BCUT2D eigenvalue weighted by atomic mass is 19.1. The predicted octanol–water partition coefficient (Wildman–Crippen LogP) is 2.12. The molecular formula is C9H18FN. The quantitative estimate of drug-likeness (QED) is 0.618. The second kappa shape index (κ2) is 3.10. The van der Waals surface area contributed by atoms with Gasteiger partial charge in [0.05, 0.1) is 0 Å². The van der Waals surface area contributed by atoms with E-state index in [-0.39, 0.29) is 11.5 Å². The number of alkyl halides is 1. The van der Waals surface area contributed by atoms with Crippen molar-refractivity contribution in [1.29, 1.82) is 0 Å². The van der Waals surface area contributed by atoms with Crippen LogP contribution in [0.3, 0.4) is 0 Å². The van der Waals surface area contributed by atoms with Crippen LogP contribution in [0.1, 0.15) is 33.6 Å². The van der Waals surface area contributed by atoms with Gasteiger partial charge in [0.1, 0.15) is 6.17 Å². The molecule has 2 atom stereocenters. The Morgan fingerprint density at radius 1 is 1.45 bits per heavy atom. The van der Waals surface area contributed by atoms with Crippen LogP contribution < -0.4 is 5.32 Å². The highest BCUT2D eigenvalue weighted by molar-refractivity contribution is 4.88. The fraction of sp³-hybridized carbons (Fsp3) is 1.00. The van der Waals surface area contributed by atoms with Gasteiger partial charge >= 0.3 is 0 Å². The first kappa shape index (κ1) is 8.98. The van der Waals surface area contributed by atoms with Crippen LogP contribution >= 0.6 is 0 Å². The number of hydrogen-bond acceptors (Lipinski definition) is 1. The zero-order valence-corrected chi connectivity index (χ0v) is 7.65. The second-order valence-electron chi connectivity index (χ2n) is 4.47. The molecule has 2 unspecified atom stereocenters. The Bertz CT molecular complexity index is 122. The normalized spacial score (nSPS) is 28.9. The van der Waals surface area contributed by atoms with E-state index in [1.54, 1.807) is 0 Å². The molecule has 0 aromatic carbocycles. The van der Waals surface area contributed by atoms with Crippen LogP contribution in [0.5, 0.6) is 0 Å². The molecule has 0 aromatic heterocycles. The van der Waals surface area contributed by atoms with Gasteiger partial charge in [-0.1, -0.05) is 20.8 Å². The Balaban J connectivity index is 2.46. The lowest BCUT2D eigenvalue weighted by atomic mass is 9.85. The SMILES string of the molecule is CC(C)(C)C(F)C1CCCN1. The van der Waals surface area contributed by atoms with Crippen molar-refractivity contribution in [3.8, 4) is 0 Å². The molecule has 0 radical (unpaired) electrons. The highest BCUT2D eigenvalue weighted by Gasteiger charge is 2.33. The molecule has 1 rings (SSSR count). The zero-order valence-electron chi connectivity index (χ0n) is 7.65. The molecule has 1 aliphatic rings. The van der Waals surface area contributed by atoms with Crippen molar-refractivity contribution in [2.75, 3.05) is 6.54 Å². The Labute approximate surface area is 68.4 Å². The van der Waals surface area contributed by atoms with Gasteiger partial charge in [-0.3, -0.25) is 0 Å². The maximum atomic E-state index is 13.6. The smallest absolute Gasteiger partial charge is 0.120 e. The van der Waals surface area contributed by atoms with Crippen LogP contribution in [0.4, 0.5) is 4.39 Å². The minimum atomic E-state index is -0.704. The number of rotatable bonds is 1. The first-order chi connectivity index (χ1) is 5.02. The number of halogens is 1. The van der Waals surface area contributed by atoms with Gasteiger partial charge in [0.2, 0.25) is 0 Å². The molecule has 1 fully saturated rings. The summed E-state index contributed by atoms with van der Waals surface area (Å²) in [5.41, 5.74) is -0.206. The molecule has 0 aliphatic carbocycles. The molecule has 0 saturated carbocycles. The predicted molar refractivity (Wildman–Crippen MR) is 45.4 cm³/mol. The molecule has 11 heavy (non-hydrogen) atoms. The van der Waals surface area contributed by atoms with E-state index < -0.39 is 6.17 Å². The summed E-state index contributed by atoms with van der Waals surface area (Å²) in [6.07, 6.45) is 1.42. The molecule has 1 heterocycles. The van der Waals surface area contributed by atoms with Crippen molar-refractivity contribution in [3.63, 3.8) is 0 Å². The lowest BCUT2D eigenvalue weighted by molar-refractivity contribution is 0.124. The van der Waals surface area contributed by atoms with E-state index in [9.17, 15) is 4.39 Å². The van der Waals surface area contributed by atoms with Crippen molar-refractivity contribution in [2.45, 2.75) is 45.8 Å². The van der Waals surface area contributed by atoms with E-state index >= 15 is 0 Å². The van der Waals surface area contributed by atoms with Gasteiger partial charge in [0.15, 0.2) is 0 Å². The third kappa shape index (κ3) is 2.16. The molecule has 0 bridgehead atoms. The van der Waals surface area contributed by atoms with Crippen LogP contribution in [-0.4, -0.2) is 18.8 Å². The summed E-state index contributed by atoms with van der Waals surface area (Å²) in [6.45, 7) is 6.86. The van der Waals surface area contributed by atoms with Gasteiger partial charge in [-0.05, 0) is 24.8 Å². The van der Waals surface area contributed by atoms with E-state index in [2.05, 4.69) is 5.32 Å². The topological polar surface area (TPSA) is 12.0 Å². The first-order valence-electron chi connectivity index (χ1n) is 4.39. The molecule has 0 aromatic rings. The van der Waals surface area contributed by atoms with Crippen molar-refractivity contribution >= 4 is 0 Å². The van der Waals surface area contributed by atoms with Gasteiger partial charge in [-0.2, -0.15) is 0 Å². The molecular weight excluding hydrogens is 141 g/mol. The lowest BCUT2D eigenvalue weighted by Gasteiger charge is -2.28. The lowest BCUT2D eigenvalue weighted by Crippen LogP contribution is -2.40. The van der Waals surface area contributed by atoms with E-state index in [0.717, 1.165) is 19.4 Å². The maximum absolute atomic E-state index is 13.6. The average molecular weight is 159 g/mol. The Hall–Kier alpha value is -0.110. The van der Waals surface area contributed by atoms with E-state index in [1.165, 1.54) is 0 Å². The van der Waals surface area contributed by atoms with Crippen molar-refractivity contribution in [1.82, 2.24) is 5.32 Å². The van der Waals surface area contributed by atoms with E-state index in [0.29, 0.717) is 0 Å². The zero-order chi connectivity index (χ0) is 8.48. The largest absolute Gasteiger partial charge is 0.311 e. The van der Waals surface area contributed by atoms with Gasteiger partial charge in [0.25, 0.3) is 0 Å². The van der Waals surface area contributed by atoms with Gasteiger partial charge < -0.3 is 5.32 Å². The van der Waals surface area contributed by atoms with Gasteiger partial charge in [0, 0.05) is 6.04 Å².